The van der Waals surface area contributed by atoms with E-state index in [1.165, 1.54) is 11.1 Å². The minimum atomic E-state index is -0.158. The summed E-state index contributed by atoms with van der Waals surface area (Å²) in [6.45, 7) is 0. The predicted octanol–water partition coefficient (Wildman–Crippen LogP) is 6.70. The van der Waals surface area contributed by atoms with Crippen molar-refractivity contribution in [3.63, 3.8) is 0 Å². The number of hydrogen-bond acceptors (Lipinski definition) is 2. The highest BCUT2D eigenvalue weighted by Gasteiger charge is 2.44. The van der Waals surface area contributed by atoms with Crippen LogP contribution in [0.1, 0.15) is 35.1 Å². The highest BCUT2D eigenvalue weighted by Crippen LogP contribution is 2.52. The van der Waals surface area contributed by atoms with Crippen LogP contribution in [0.4, 0.5) is 5.69 Å². The van der Waals surface area contributed by atoms with Crippen LogP contribution in [-0.4, -0.2) is 0 Å². The summed E-state index contributed by atoms with van der Waals surface area (Å²) >= 11 is 0. The SMILES string of the molecule is c1ccc([C@H]2O[C@@H](c3ccccc3)N(c3ccccc3)[C@H]2c2ccccc2)cc1. The summed E-state index contributed by atoms with van der Waals surface area (Å²) in [4.78, 5) is 2.42. The van der Waals surface area contributed by atoms with Crippen LogP contribution >= 0.6 is 0 Å². The Morgan fingerprint density at radius 3 is 1.48 bits per heavy atom. The number of ether oxygens (including phenoxy) is 1. The molecule has 2 heteroatoms. The van der Waals surface area contributed by atoms with E-state index in [2.05, 4.69) is 126 Å². The van der Waals surface area contributed by atoms with E-state index in [0.717, 1.165) is 11.3 Å². The van der Waals surface area contributed by atoms with Crippen LogP contribution in [0.2, 0.25) is 0 Å². The van der Waals surface area contributed by atoms with Gasteiger partial charge in [0, 0.05) is 11.3 Å². The molecule has 142 valence electrons. The van der Waals surface area contributed by atoms with Gasteiger partial charge in [0.1, 0.15) is 6.10 Å². The van der Waals surface area contributed by atoms with Gasteiger partial charge in [-0.1, -0.05) is 109 Å². The Hall–Kier alpha value is -3.36. The van der Waals surface area contributed by atoms with E-state index < -0.39 is 0 Å². The van der Waals surface area contributed by atoms with Crippen molar-refractivity contribution < 1.29 is 4.74 Å². The molecule has 3 atom stereocenters. The maximum Gasteiger partial charge on any atom is 0.158 e. The van der Waals surface area contributed by atoms with E-state index in [1.54, 1.807) is 0 Å². The van der Waals surface area contributed by atoms with Gasteiger partial charge < -0.3 is 9.64 Å². The van der Waals surface area contributed by atoms with Gasteiger partial charge >= 0.3 is 0 Å². The molecule has 4 aromatic carbocycles. The average molecular weight is 377 g/mol. The molecule has 29 heavy (non-hydrogen) atoms. The highest BCUT2D eigenvalue weighted by atomic mass is 16.5. The Balaban J connectivity index is 1.69. The summed E-state index contributed by atoms with van der Waals surface area (Å²) in [6, 6.07) is 42.4. The zero-order valence-electron chi connectivity index (χ0n) is 16.1. The van der Waals surface area contributed by atoms with E-state index in [1.807, 2.05) is 0 Å². The van der Waals surface area contributed by atoms with Gasteiger partial charge in [-0.05, 0) is 23.3 Å². The van der Waals surface area contributed by atoms with Gasteiger partial charge in [0.15, 0.2) is 6.23 Å². The summed E-state index contributed by atoms with van der Waals surface area (Å²) in [5.74, 6) is 0. The number of rotatable bonds is 4. The molecular formula is C27H23NO. The molecule has 1 fully saturated rings. The summed E-state index contributed by atoms with van der Waals surface area (Å²) in [5.41, 5.74) is 4.77. The lowest BCUT2D eigenvalue weighted by Gasteiger charge is -2.31. The molecule has 0 aliphatic carbocycles. The molecule has 0 spiro atoms. The van der Waals surface area contributed by atoms with Crippen molar-refractivity contribution in [3.05, 3.63) is 138 Å². The third-order valence-electron chi connectivity index (χ3n) is 5.52. The second kappa shape index (κ2) is 7.94. The number of benzene rings is 4. The molecule has 0 aromatic heterocycles. The fraction of sp³-hybridized carbons (Fsp3) is 0.111. The second-order valence-corrected chi connectivity index (χ2v) is 7.33. The summed E-state index contributed by atoms with van der Waals surface area (Å²) in [5, 5.41) is 0. The number of hydrogen-bond donors (Lipinski definition) is 0. The first-order valence-electron chi connectivity index (χ1n) is 10.1. The van der Waals surface area contributed by atoms with Crippen LogP contribution < -0.4 is 4.90 Å². The van der Waals surface area contributed by atoms with Gasteiger partial charge in [-0.15, -0.1) is 0 Å². The van der Waals surface area contributed by atoms with Crippen molar-refractivity contribution in [2.45, 2.75) is 18.4 Å². The molecule has 0 saturated carbocycles. The molecule has 1 aliphatic rings. The second-order valence-electron chi connectivity index (χ2n) is 7.33. The van der Waals surface area contributed by atoms with Crippen molar-refractivity contribution in [1.82, 2.24) is 0 Å². The fourth-order valence-corrected chi connectivity index (χ4v) is 4.21. The number of anilines is 1. The van der Waals surface area contributed by atoms with Crippen LogP contribution in [0.3, 0.4) is 0 Å². The van der Waals surface area contributed by atoms with E-state index in [9.17, 15) is 0 Å². The van der Waals surface area contributed by atoms with Gasteiger partial charge in [-0.2, -0.15) is 0 Å². The quantitative estimate of drug-likeness (QED) is 0.392. The molecule has 1 saturated heterocycles. The zero-order valence-corrected chi connectivity index (χ0v) is 16.1. The first-order chi connectivity index (χ1) is 14.4. The van der Waals surface area contributed by atoms with Gasteiger partial charge in [0.05, 0.1) is 6.04 Å². The number of nitrogens with zero attached hydrogens (tertiary/aromatic N) is 1. The summed E-state index contributed by atoms with van der Waals surface area (Å²) in [7, 11) is 0. The first-order valence-corrected chi connectivity index (χ1v) is 10.1. The van der Waals surface area contributed by atoms with Gasteiger partial charge in [0.25, 0.3) is 0 Å². The molecule has 1 heterocycles. The fourth-order valence-electron chi connectivity index (χ4n) is 4.21. The minimum absolute atomic E-state index is 0.0657. The van der Waals surface area contributed by atoms with Gasteiger partial charge in [-0.3, -0.25) is 0 Å². The Labute approximate surface area is 172 Å². The lowest BCUT2D eigenvalue weighted by atomic mass is 9.95. The molecule has 0 radical (unpaired) electrons. The van der Waals surface area contributed by atoms with Crippen molar-refractivity contribution in [2.75, 3.05) is 4.90 Å². The van der Waals surface area contributed by atoms with Crippen LogP contribution in [-0.2, 0) is 4.74 Å². The largest absolute Gasteiger partial charge is 0.344 e. The lowest BCUT2D eigenvalue weighted by molar-refractivity contribution is 0.0404. The van der Waals surface area contributed by atoms with Crippen LogP contribution in [0, 0.1) is 0 Å². The van der Waals surface area contributed by atoms with Crippen LogP contribution in [0.5, 0.6) is 0 Å². The average Bonchev–Trinajstić information content (AvgIpc) is 3.22. The van der Waals surface area contributed by atoms with Gasteiger partial charge in [-0.25, -0.2) is 0 Å². The topological polar surface area (TPSA) is 12.5 Å². The number of para-hydroxylation sites is 1. The minimum Gasteiger partial charge on any atom is -0.344 e. The molecule has 5 rings (SSSR count). The molecule has 0 unspecified atom stereocenters. The van der Waals surface area contributed by atoms with E-state index >= 15 is 0 Å². The lowest BCUT2D eigenvalue weighted by Crippen LogP contribution is -2.27. The van der Waals surface area contributed by atoms with Gasteiger partial charge in [0.2, 0.25) is 0 Å². The van der Waals surface area contributed by atoms with E-state index in [0.29, 0.717) is 0 Å². The highest BCUT2D eigenvalue weighted by molar-refractivity contribution is 5.53. The molecule has 0 N–H and O–H groups in total. The zero-order chi connectivity index (χ0) is 19.5. The van der Waals surface area contributed by atoms with E-state index in [4.69, 9.17) is 4.74 Å². The third kappa shape index (κ3) is 3.43. The van der Waals surface area contributed by atoms with Crippen LogP contribution in [0.15, 0.2) is 121 Å². The Kier molecular flexibility index (Phi) is 4.85. The first kappa shape index (κ1) is 17.7. The standard InChI is InChI=1S/C27H23NO/c1-5-13-21(14-6-1)25-26(22-15-7-2-8-16-22)29-27(23-17-9-3-10-18-23)28(25)24-19-11-4-12-20-24/h1-20,25-27H/t25-,26+,27-/m0/s1. The molecule has 0 bridgehead atoms. The van der Waals surface area contributed by atoms with E-state index in [-0.39, 0.29) is 18.4 Å². The normalized spacial score (nSPS) is 21.2. The van der Waals surface area contributed by atoms with Crippen molar-refractivity contribution >= 4 is 5.69 Å². The molecule has 4 aromatic rings. The molecule has 0 amide bonds. The smallest absolute Gasteiger partial charge is 0.158 e. The third-order valence-corrected chi connectivity index (χ3v) is 5.52. The Bertz CT molecular complexity index is 948. The monoisotopic (exact) mass is 377 g/mol. The van der Waals surface area contributed by atoms with Crippen molar-refractivity contribution in [1.29, 1.82) is 0 Å². The summed E-state index contributed by atoms with van der Waals surface area (Å²) < 4.78 is 6.79. The van der Waals surface area contributed by atoms with Crippen molar-refractivity contribution in [2.24, 2.45) is 0 Å². The van der Waals surface area contributed by atoms with Crippen molar-refractivity contribution in [3.8, 4) is 0 Å². The molecule has 2 nitrogen and oxygen atoms in total. The Morgan fingerprint density at radius 2 is 0.931 bits per heavy atom. The molecule has 1 aliphatic heterocycles. The predicted molar refractivity (Wildman–Crippen MR) is 118 cm³/mol. The Morgan fingerprint density at radius 1 is 0.483 bits per heavy atom. The maximum absolute atomic E-state index is 6.79. The summed E-state index contributed by atoms with van der Waals surface area (Å²) in [6.07, 6.45) is -0.224. The molecular weight excluding hydrogens is 354 g/mol. The van der Waals surface area contributed by atoms with Crippen LogP contribution in [0.25, 0.3) is 0 Å². The maximum atomic E-state index is 6.79.